The molecule has 0 bridgehead atoms. The third-order valence-electron chi connectivity index (χ3n) is 4.28. The molecule has 3 rings (SSSR count). The van der Waals surface area contributed by atoms with Gasteiger partial charge in [-0.3, -0.25) is 4.79 Å². The zero-order chi connectivity index (χ0) is 17.9. The van der Waals surface area contributed by atoms with Crippen molar-refractivity contribution < 1.29 is 18.1 Å². The third-order valence-corrected chi connectivity index (χ3v) is 6.92. The Morgan fingerprint density at radius 3 is 2.44 bits per heavy atom. The maximum atomic E-state index is 12.8. The highest BCUT2D eigenvalue weighted by Crippen LogP contribution is 2.18. The van der Waals surface area contributed by atoms with E-state index in [1.54, 1.807) is 39.9 Å². The van der Waals surface area contributed by atoms with Crippen LogP contribution in [0.4, 0.5) is 5.69 Å². The van der Waals surface area contributed by atoms with E-state index >= 15 is 0 Å². The monoisotopic (exact) mass is 380 g/mol. The first-order valence-electron chi connectivity index (χ1n) is 8.17. The van der Waals surface area contributed by atoms with Gasteiger partial charge in [-0.25, -0.2) is 8.42 Å². The van der Waals surface area contributed by atoms with Crippen molar-refractivity contribution in [2.45, 2.75) is 18.4 Å². The quantitative estimate of drug-likeness (QED) is 0.806. The summed E-state index contributed by atoms with van der Waals surface area (Å²) in [7, 11) is -3.48. The molecule has 1 saturated heterocycles. The molecule has 0 atom stereocenters. The van der Waals surface area contributed by atoms with E-state index in [0.717, 1.165) is 19.6 Å². The SMILES string of the molecule is CC(=O)Nc1ccc(S(=O)(=O)N2CC[NH+](Cc3ccsc3)CC2)cc1. The molecule has 134 valence electrons. The van der Waals surface area contributed by atoms with Crippen LogP contribution < -0.4 is 10.2 Å². The van der Waals surface area contributed by atoms with Crippen LogP contribution in [-0.2, 0) is 21.4 Å². The van der Waals surface area contributed by atoms with Gasteiger partial charge in [0.05, 0.1) is 31.1 Å². The zero-order valence-electron chi connectivity index (χ0n) is 14.1. The molecular formula is C17H22N3O3S2+. The van der Waals surface area contributed by atoms with Crippen molar-refractivity contribution >= 4 is 33.0 Å². The molecular weight excluding hydrogens is 358 g/mol. The van der Waals surface area contributed by atoms with Crippen LogP contribution in [0.15, 0.2) is 46.0 Å². The Morgan fingerprint density at radius 2 is 1.88 bits per heavy atom. The number of amides is 1. The molecule has 0 aliphatic carbocycles. The van der Waals surface area contributed by atoms with Gasteiger partial charge in [-0.05, 0) is 41.1 Å². The molecule has 2 aromatic rings. The van der Waals surface area contributed by atoms with Crippen LogP contribution in [0, 0.1) is 0 Å². The van der Waals surface area contributed by atoms with Crippen LogP contribution in [0.2, 0.25) is 0 Å². The number of hydrogen-bond acceptors (Lipinski definition) is 4. The minimum atomic E-state index is -3.48. The molecule has 25 heavy (non-hydrogen) atoms. The number of benzene rings is 1. The number of rotatable bonds is 5. The fourth-order valence-electron chi connectivity index (χ4n) is 2.96. The molecule has 0 spiro atoms. The molecule has 1 amide bonds. The third kappa shape index (κ3) is 4.46. The van der Waals surface area contributed by atoms with Gasteiger partial charge in [-0.2, -0.15) is 15.6 Å². The molecule has 1 aliphatic heterocycles. The maximum absolute atomic E-state index is 12.8. The van der Waals surface area contributed by atoms with E-state index in [0.29, 0.717) is 18.8 Å². The van der Waals surface area contributed by atoms with E-state index in [1.807, 2.05) is 0 Å². The van der Waals surface area contributed by atoms with Gasteiger partial charge in [0.2, 0.25) is 15.9 Å². The summed E-state index contributed by atoms with van der Waals surface area (Å²) in [5, 5.41) is 6.86. The number of sulfonamides is 1. The number of nitrogens with one attached hydrogen (secondary N) is 2. The molecule has 8 heteroatoms. The highest BCUT2D eigenvalue weighted by molar-refractivity contribution is 7.89. The predicted octanol–water partition coefficient (Wildman–Crippen LogP) is 0.796. The number of piperazine rings is 1. The van der Waals surface area contributed by atoms with E-state index < -0.39 is 10.0 Å². The van der Waals surface area contributed by atoms with Crippen LogP contribution in [0.25, 0.3) is 0 Å². The normalized spacial score (nSPS) is 16.7. The van der Waals surface area contributed by atoms with Gasteiger partial charge >= 0.3 is 0 Å². The number of hydrogen-bond donors (Lipinski definition) is 2. The van der Waals surface area contributed by atoms with Gasteiger partial charge in [-0.1, -0.05) is 0 Å². The van der Waals surface area contributed by atoms with Gasteiger partial charge in [0, 0.05) is 18.2 Å². The molecule has 2 heterocycles. The Labute approximate surface area is 152 Å². The molecule has 0 radical (unpaired) electrons. The topological polar surface area (TPSA) is 70.9 Å². The molecule has 2 N–H and O–H groups in total. The van der Waals surface area contributed by atoms with Crippen LogP contribution in [0.3, 0.4) is 0 Å². The highest BCUT2D eigenvalue weighted by Gasteiger charge is 2.30. The first-order chi connectivity index (χ1) is 11.9. The molecule has 0 saturated carbocycles. The summed E-state index contributed by atoms with van der Waals surface area (Å²) in [6.07, 6.45) is 0. The minimum absolute atomic E-state index is 0.180. The average Bonchev–Trinajstić information content (AvgIpc) is 3.08. The van der Waals surface area contributed by atoms with E-state index in [4.69, 9.17) is 0 Å². The fourth-order valence-corrected chi connectivity index (χ4v) is 5.07. The molecule has 1 fully saturated rings. The lowest BCUT2D eigenvalue weighted by atomic mass is 10.3. The summed E-state index contributed by atoms with van der Waals surface area (Å²) in [4.78, 5) is 12.7. The van der Waals surface area contributed by atoms with Crippen molar-refractivity contribution in [3.63, 3.8) is 0 Å². The summed E-state index contributed by atoms with van der Waals surface area (Å²) >= 11 is 1.69. The van der Waals surface area contributed by atoms with Gasteiger partial charge in [0.15, 0.2) is 0 Å². The Hall–Kier alpha value is -1.74. The number of anilines is 1. The standard InChI is InChI=1S/C17H21N3O3S2/c1-14(21)18-16-2-4-17(5-3-16)25(22,23)20-9-7-19(8-10-20)12-15-6-11-24-13-15/h2-6,11,13H,7-10,12H2,1H3,(H,18,21)/p+1. The first-order valence-corrected chi connectivity index (χ1v) is 10.6. The summed E-state index contributed by atoms with van der Waals surface area (Å²) < 4.78 is 27.1. The van der Waals surface area contributed by atoms with Crippen LogP contribution in [-0.4, -0.2) is 44.8 Å². The van der Waals surface area contributed by atoms with E-state index in [1.165, 1.54) is 17.4 Å². The molecule has 1 aliphatic rings. The van der Waals surface area contributed by atoms with Gasteiger partial charge in [0.25, 0.3) is 0 Å². The molecule has 1 aromatic carbocycles. The molecule has 0 unspecified atom stereocenters. The first kappa shape index (κ1) is 18.1. The van der Waals surface area contributed by atoms with Crippen LogP contribution in [0.1, 0.15) is 12.5 Å². The van der Waals surface area contributed by atoms with Crippen LogP contribution in [0.5, 0.6) is 0 Å². The van der Waals surface area contributed by atoms with E-state index in [9.17, 15) is 13.2 Å². The van der Waals surface area contributed by atoms with Crippen molar-refractivity contribution in [1.82, 2.24) is 4.31 Å². The number of carbonyl (C=O) groups is 1. The number of thiophene rings is 1. The van der Waals surface area contributed by atoms with Crippen LogP contribution >= 0.6 is 11.3 Å². The minimum Gasteiger partial charge on any atom is -0.329 e. The second-order valence-electron chi connectivity index (χ2n) is 6.17. The highest BCUT2D eigenvalue weighted by atomic mass is 32.2. The van der Waals surface area contributed by atoms with Crippen molar-refractivity contribution in [3.8, 4) is 0 Å². The lowest BCUT2D eigenvalue weighted by Crippen LogP contribution is -3.13. The number of nitrogens with zero attached hydrogens (tertiary/aromatic N) is 1. The number of carbonyl (C=O) groups excluding carboxylic acids is 1. The van der Waals surface area contributed by atoms with Gasteiger partial charge in [0.1, 0.15) is 6.54 Å². The average molecular weight is 381 g/mol. The summed E-state index contributed by atoms with van der Waals surface area (Å²) in [5.41, 5.74) is 1.90. The maximum Gasteiger partial charge on any atom is 0.243 e. The summed E-state index contributed by atoms with van der Waals surface area (Å²) in [6.45, 7) is 5.02. The van der Waals surface area contributed by atoms with E-state index in [-0.39, 0.29) is 10.8 Å². The second-order valence-corrected chi connectivity index (χ2v) is 8.89. The summed E-state index contributed by atoms with van der Waals surface area (Å²) in [6, 6.07) is 8.45. The predicted molar refractivity (Wildman–Crippen MR) is 98.2 cm³/mol. The van der Waals surface area contributed by atoms with E-state index in [2.05, 4.69) is 22.1 Å². The second kappa shape index (κ2) is 7.65. The lowest BCUT2D eigenvalue weighted by molar-refractivity contribution is -0.917. The Balaban J connectivity index is 1.62. The Bertz CT molecular complexity index is 809. The molecule has 6 nitrogen and oxygen atoms in total. The lowest BCUT2D eigenvalue weighted by Gasteiger charge is -2.31. The Kier molecular flexibility index (Phi) is 5.53. The van der Waals surface area contributed by atoms with Crippen molar-refractivity contribution in [2.24, 2.45) is 0 Å². The summed E-state index contributed by atoms with van der Waals surface area (Å²) in [5.74, 6) is -0.180. The zero-order valence-corrected chi connectivity index (χ0v) is 15.7. The van der Waals surface area contributed by atoms with Gasteiger partial charge in [-0.15, -0.1) is 0 Å². The smallest absolute Gasteiger partial charge is 0.243 e. The van der Waals surface area contributed by atoms with Gasteiger partial charge < -0.3 is 10.2 Å². The number of quaternary nitrogens is 1. The van der Waals surface area contributed by atoms with Crippen molar-refractivity contribution in [3.05, 3.63) is 46.7 Å². The largest absolute Gasteiger partial charge is 0.329 e. The van der Waals surface area contributed by atoms with Crippen molar-refractivity contribution in [1.29, 1.82) is 0 Å². The fraction of sp³-hybridized carbons (Fsp3) is 0.353. The Morgan fingerprint density at radius 1 is 1.20 bits per heavy atom. The molecule has 1 aromatic heterocycles. The van der Waals surface area contributed by atoms with Crippen molar-refractivity contribution in [2.75, 3.05) is 31.5 Å².